The standard InChI is InChI=1S/C14H20N2O2/c1-11-3-2-8-16(9-11)14(17)10-18-13-6-4-12(15)5-7-13/h4-7,11H,2-3,8-10,15H2,1H3/t11-/m0/s1. The van der Waals surface area contributed by atoms with Gasteiger partial charge in [-0.3, -0.25) is 4.79 Å². The molecule has 1 atom stereocenters. The summed E-state index contributed by atoms with van der Waals surface area (Å²) in [6.07, 6.45) is 2.30. The number of nitrogens with two attached hydrogens (primary N) is 1. The minimum Gasteiger partial charge on any atom is -0.484 e. The van der Waals surface area contributed by atoms with E-state index in [1.54, 1.807) is 24.3 Å². The van der Waals surface area contributed by atoms with Crippen molar-refractivity contribution < 1.29 is 9.53 Å². The summed E-state index contributed by atoms with van der Waals surface area (Å²) in [6, 6.07) is 7.09. The predicted octanol–water partition coefficient (Wildman–Crippen LogP) is 1.91. The first-order valence-corrected chi connectivity index (χ1v) is 6.41. The summed E-state index contributed by atoms with van der Waals surface area (Å²) >= 11 is 0. The highest BCUT2D eigenvalue weighted by atomic mass is 16.5. The lowest BCUT2D eigenvalue weighted by molar-refractivity contribution is -0.135. The summed E-state index contributed by atoms with van der Waals surface area (Å²) in [7, 11) is 0. The molecule has 4 nitrogen and oxygen atoms in total. The molecular weight excluding hydrogens is 228 g/mol. The summed E-state index contributed by atoms with van der Waals surface area (Å²) in [6.45, 7) is 4.00. The topological polar surface area (TPSA) is 55.6 Å². The Kier molecular flexibility index (Phi) is 4.07. The molecule has 0 unspecified atom stereocenters. The molecule has 0 radical (unpaired) electrons. The van der Waals surface area contributed by atoms with Crippen LogP contribution in [0.5, 0.6) is 5.75 Å². The van der Waals surface area contributed by atoms with Gasteiger partial charge in [0.2, 0.25) is 0 Å². The summed E-state index contributed by atoms with van der Waals surface area (Å²) in [4.78, 5) is 13.9. The average Bonchev–Trinajstić information content (AvgIpc) is 2.38. The van der Waals surface area contributed by atoms with Gasteiger partial charge >= 0.3 is 0 Å². The van der Waals surface area contributed by atoms with Crippen molar-refractivity contribution in [1.82, 2.24) is 4.90 Å². The van der Waals surface area contributed by atoms with Crippen LogP contribution in [-0.2, 0) is 4.79 Å². The molecule has 0 saturated carbocycles. The van der Waals surface area contributed by atoms with Crippen molar-refractivity contribution in [2.75, 3.05) is 25.4 Å². The maximum absolute atomic E-state index is 12.0. The molecule has 1 aromatic carbocycles. The van der Waals surface area contributed by atoms with E-state index < -0.39 is 0 Å². The van der Waals surface area contributed by atoms with Gasteiger partial charge in [0.25, 0.3) is 5.91 Å². The molecule has 0 aliphatic carbocycles. The molecule has 1 saturated heterocycles. The lowest BCUT2D eigenvalue weighted by Crippen LogP contribution is -2.41. The largest absolute Gasteiger partial charge is 0.484 e. The molecule has 2 rings (SSSR count). The maximum atomic E-state index is 12.0. The van der Waals surface area contributed by atoms with Crippen LogP contribution in [0.15, 0.2) is 24.3 Å². The first-order chi connectivity index (χ1) is 8.65. The second-order valence-corrected chi connectivity index (χ2v) is 4.94. The SMILES string of the molecule is C[C@H]1CCCN(C(=O)COc2ccc(N)cc2)C1. The summed E-state index contributed by atoms with van der Waals surface area (Å²) in [5.41, 5.74) is 6.28. The van der Waals surface area contributed by atoms with Crippen molar-refractivity contribution in [2.45, 2.75) is 19.8 Å². The molecule has 2 N–H and O–H groups in total. The molecule has 1 amide bonds. The third-order valence-electron chi connectivity index (χ3n) is 3.25. The number of likely N-dealkylation sites (tertiary alicyclic amines) is 1. The van der Waals surface area contributed by atoms with Crippen molar-refractivity contribution in [3.8, 4) is 5.75 Å². The number of piperidine rings is 1. The van der Waals surface area contributed by atoms with Crippen LogP contribution in [0, 0.1) is 5.92 Å². The van der Waals surface area contributed by atoms with Crippen LogP contribution < -0.4 is 10.5 Å². The van der Waals surface area contributed by atoms with Crippen LogP contribution in [0.4, 0.5) is 5.69 Å². The van der Waals surface area contributed by atoms with Crippen LogP contribution in [0.25, 0.3) is 0 Å². The number of hydrogen-bond acceptors (Lipinski definition) is 3. The summed E-state index contributed by atoms with van der Waals surface area (Å²) in [5.74, 6) is 1.35. The number of anilines is 1. The van der Waals surface area contributed by atoms with Crippen molar-refractivity contribution >= 4 is 11.6 Å². The Morgan fingerprint density at radius 3 is 2.83 bits per heavy atom. The van der Waals surface area contributed by atoms with Gasteiger partial charge in [-0.05, 0) is 43.0 Å². The highest BCUT2D eigenvalue weighted by molar-refractivity contribution is 5.77. The summed E-state index contributed by atoms with van der Waals surface area (Å²) in [5, 5.41) is 0. The molecule has 1 aliphatic rings. The van der Waals surface area contributed by atoms with E-state index in [1.807, 2.05) is 4.90 Å². The first kappa shape index (κ1) is 12.7. The van der Waals surface area contributed by atoms with Crippen molar-refractivity contribution in [1.29, 1.82) is 0 Å². The van der Waals surface area contributed by atoms with E-state index in [9.17, 15) is 4.79 Å². The molecular formula is C14H20N2O2. The second kappa shape index (κ2) is 5.76. The van der Waals surface area contributed by atoms with E-state index in [0.29, 0.717) is 17.4 Å². The van der Waals surface area contributed by atoms with E-state index in [1.165, 1.54) is 6.42 Å². The summed E-state index contributed by atoms with van der Waals surface area (Å²) < 4.78 is 5.46. The Morgan fingerprint density at radius 1 is 1.44 bits per heavy atom. The molecule has 18 heavy (non-hydrogen) atoms. The van der Waals surface area contributed by atoms with Crippen molar-refractivity contribution in [2.24, 2.45) is 5.92 Å². The Hall–Kier alpha value is -1.71. The Morgan fingerprint density at radius 2 is 2.17 bits per heavy atom. The number of nitrogen functional groups attached to an aromatic ring is 1. The minimum atomic E-state index is 0.0679. The van der Waals surface area contributed by atoms with Gasteiger partial charge in [0.1, 0.15) is 5.75 Å². The van der Waals surface area contributed by atoms with E-state index in [0.717, 1.165) is 19.5 Å². The van der Waals surface area contributed by atoms with E-state index in [4.69, 9.17) is 10.5 Å². The van der Waals surface area contributed by atoms with Gasteiger partial charge in [0.15, 0.2) is 6.61 Å². The van der Waals surface area contributed by atoms with Crippen LogP contribution in [-0.4, -0.2) is 30.5 Å². The number of carbonyl (C=O) groups excluding carboxylic acids is 1. The maximum Gasteiger partial charge on any atom is 0.260 e. The minimum absolute atomic E-state index is 0.0679. The highest BCUT2D eigenvalue weighted by Crippen LogP contribution is 2.16. The fraction of sp³-hybridized carbons (Fsp3) is 0.500. The quantitative estimate of drug-likeness (QED) is 0.831. The monoisotopic (exact) mass is 248 g/mol. The molecule has 1 aliphatic heterocycles. The number of hydrogen-bond donors (Lipinski definition) is 1. The number of amides is 1. The number of benzene rings is 1. The number of carbonyl (C=O) groups is 1. The van der Waals surface area contributed by atoms with Gasteiger partial charge in [-0.15, -0.1) is 0 Å². The van der Waals surface area contributed by atoms with Crippen molar-refractivity contribution in [3.63, 3.8) is 0 Å². The molecule has 1 fully saturated rings. The first-order valence-electron chi connectivity index (χ1n) is 6.41. The van der Waals surface area contributed by atoms with Crippen LogP contribution in [0.3, 0.4) is 0 Å². The van der Waals surface area contributed by atoms with E-state index in [2.05, 4.69) is 6.92 Å². The van der Waals surface area contributed by atoms with Crippen LogP contribution >= 0.6 is 0 Å². The number of ether oxygens (including phenoxy) is 1. The van der Waals surface area contributed by atoms with Gasteiger partial charge in [-0.1, -0.05) is 6.92 Å². The van der Waals surface area contributed by atoms with Gasteiger partial charge < -0.3 is 15.4 Å². The van der Waals surface area contributed by atoms with Crippen LogP contribution in [0.2, 0.25) is 0 Å². The smallest absolute Gasteiger partial charge is 0.260 e. The zero-order valence-corrected chi connectivity index (χ0v) is 10.8. The van der Waals surface area contributed by atoms with Gasteiger partial charge in [-0.2, -0.15) is 0 Å². The molecule has 1 aromatic rings. The van der Waals surface area contributed by atoms with E-state index >= 15 is 0 Å². The molecule has 0 aromatic heterocycles. The van der Waals surface area contributed by atoms with Gasteiger partial charge in [-0.25, -0.2) is 0 Å². The second-order valence-electron chi connectivity index (χ2n) is 4.94. The lowest BCUT2D eigenvalue weighted by atomic mass is 10.0. The van der Waals surface area contributed by atoms with Crippen molar-refractivity contribution in [3.05, 3.63) is 24.3 Å². The molecule has 1 heterocycles. The molecule has 0 spiro atoms. The van der Waals surface area contributed by atoms with E-state index in [-0.39, 0.29) is 12.5 Å². The predicted molar refractivity (Wildman–Crippen MR) is 71.3 cm³/mol. The Bertz CT molecular complexity index is 403. The Labute approximate surface area is 108 Å². The third-order valence-corrected chi connectivity index (χ3v) is 3.25. The zero-order valence-electron chi connectivity index (χ0n) is 10.8. The normalized spacial score (nSPS) is 19.6. The fourth-order valence-corrected chi connectivity index (χ4v) is 2.22. The Balaban J connectivity index is 1.82. The third kappa shape index (κ3) is 3.39. The number of nitrogens with zero attached hydrogens (tertiary/aromatic N) is 1. The van der Waals surface area contributed by atoms with Crippen LogP contribution in [0.1, 0.15) is 19.8 Å². The lowest BCUT2D eigenvalue weighted by Gasteiger charge is -2.30. The molecule has 98 valence electrons. The average molecular weight is 248 g/mol. The zero-order chi connectivity index (χ0) is 13.0. The fourth-order valence-electron chi connectivity index (χ4n) is 2.22. The highest BCUT2D eigenvalue weighted by Gasteiger charge is 2.20. The van der Waals surface area contributed by atoms with Gasteiger partial charge in [0.05, 0.1) is 0 Å². The number of rotatable bonds is 3. The molecule has 0 bridgehead atoms. The van der Waals surface area contributed by atoms with Gasteiger partial charge in [0, 0.05) is 18.8 Å². The molecule has 4 heteroatoms.